The first-order valence-electron chi connectivity index (χ1n) is 9.30. The van der Waals surface area contributed by atoms with Gasteiger partial charge in [0.15, 0.2) is 6.61 Å². The molecule has 3 rings (SSSR count). The number of hydrogen-bond donors (Lipinski definition) is 2. The number of benzene rings is 2. The summed E-state index contributed by atoms with van der Waals surface area (Å²) >= 11 is 5.99. The Hall–Kier alpha value is -2.39. The predicted octanol–water partition coefficient (Wildman–Crippen LogP) is 4.96. The summed E-state index contributed by atoms with van der Waals surface area (Å²) in [5.74, 6) is -2.77. The second-order valence-electron chi connectivity index (χ2n) is 7.76. The molecule has 1 fully saturated rings. The SMILES string of the molecule is CC(O)(CC(=O)NC1(c2cc(Cl)cc(OCC(F)(F)F)c2)CC1)c1c(F)cccc1F. The second-order valence-corrected chi connectivity index (χ2v) is 8.19. The summed E-state index contributed by atoms with van der Waals surface area (Å²) in [6, 6.07) is 7.15. The number of alkyl halides is 3. The summed E-state index contributed by atoms with van der Waals surface area (Å²) in [4.78, 5) is 12.6. The number of carbonyl (C=O) groups excluding carboxylic acids is 1. The van der Waals surface area contributed by atoms with Crippen LogP contribution in [0.25, 0.3) is 0 Å². The van der Waals surface area contributed by atoms with Crippen molar-refractivity contribution in [3.8, 4) is 5.75 Å². The Morgan fingerprint density at radius 3 is 2.35 bits per heavy atom. The van der Waals surface area contributed by atoms with Crippen LogP contribution in [0.1, 0.15) is 37.3 Å². The van der Waals surface area contributed by atoms with Gasteiger partial charge in [-0.25, -0.2) is 8.78 Å². The molecule has 2 aromatic carbocycles. The Labute approximate surface area is 180 Å². The molecule has 2 aromatic rings. The maximum Gasteiger partial charge on any atom is 0.422 e. The van der Waals surface area contributed by atoms with E-state index >= 15 is 0 Å². The molecule has 0 saturated heterocycles. The van der Waals surface area contributed by atoms with Crippen LogP contribution in [0.4, 0.5) is 22.0 Å². The molecule has 0 radical (unpaired) electrons. The fourth-order valence-electron chi connectivity index (χ4n) is 3.42. The highest BCUT2D eigenvalue weighted by Gasteiger charge is 2.47. The summed E-state index contributed by atoms with van der Waals surface area (Å²) in [5.41, 5.74) is -3.23. The summed E-state index contributed by atoms with van der Waals surface area (Å²) in [6.07, 6.45) is -4.23. The highest BCUT2D eigenvalue weighted by molar-refractivity contribution is 6.30. The van der Waals surface area contributed by atoms with Gasteiger partial charge in [0, 0.05) is 5.02 Å². The number of nitrogens with one attached hydrogen (secondary N) is 1. The molecule has 0 spiro atoms. The van der Waals surface area contributed by atoms with Crippen LogP contribution in [0.2, 0.25) is 5.02 Å². The van der Waals surface area contributed by atoms with Gasteiger partial charge in [-0.15, -0.1) is 0 Å². The van der Waals surface area contributed by atoms with E-state index < -0.39 is 53.4 Å². The highest BCUT2D eigenvalue weighted by atomic mass is 35.5. The molecule has 0 bridgehead atoms. The largest absolute Gasteiger partial charge is 0.484 e. The van der Waals surface area contributed by atoms with Crippen molar-refractivity contribution in [3.63, 3.8) is 0 Å². The minimum absolute atomic E-state index is 0.110. The highest BCUT2D eigenvalue weighted by Crippen LogP contribution is 2.47. The number of rotatable bonds is 7. The van der Waals surface area contributed by atoms with Crippen molar-refractivity contribution < 1.29 is 36.6 Å². The van der Waals surface area contributed by atoms with E-state index in [9.17, 15) is 31.9 Å². The number of halogens is 6. The van der Waals surface area contributed by atoms with Gasteiger partial charge in [-0.3, -0.25) is 4.79 Å². The number of carbonyl (C=O) groups is 1. The Balaban J connectivity index is 1.75. The molecule has 168 valence electrons. The average Bonchev–Trinajstić information content (AvgIpc) is 3.38. The van der Waals surface area contributed by atoms with Crippen molar-refractivity contribution in [2.24, 2.45) is 0 Å². The van der Waals surface area contributed by atoms with E-state index in [1.807, 2.05) is 0 Å². The van der Waals surface area contributed by atoms with E-state index in [4.69, 9.17) is 16.3 Å². The molecular weight excluding hydrogens is 445 g/mol. The minimum atomic E-state index is -4.53. The molecule has 31 heavy (non-hydrogen) atoms. The van der Waals surface area contributed by atoms with Crippen LogP contribution >= 0.6 is 11.6 Å². The summed E-state index contributed by atoms with van der Waals surface area (Å²) in [6.45, 7) is -0.376. The fraction of sp³-hybridized carbons (Fsp3) is 0.381. The smallest absolute Gasteiger partial charge is 0.422 e. The number of aliphatic hydroxyl groups is 1. The molecule has 1 aliphatic carbocycles. The van der Waals surface area contributed by atoms with Crippen molar-refractivity contribution in [2.45, 2.75) is 43.5 Å². The van der Waals surface area contributed by atoms with Crippen molar-refractivity contribution >= 4 is 17.5 Å². The van der Waals surface area contributed by atoms with Gasteiger partial charge in [0.2, 0.25) is 5.91 Å². The molecule has 1 aliphatic rings. The maximum absolute atomic E-state index is 14.0. The Kier molecular flexibility index (Phi) is 6.21. The standard InChI is InChI=1S/C21H19ClF5NO3/c1-19(30,18-15(23)3-2-4-16(18)24)10-17(29)28-20(5-6-20)12-7-13(22)9-14(8-12)31-11-21(25,26)27/h2-4,7-9,30H,5-6,10-11H2,1H3,(H,28,29). The monoisotopic (exact) mass is 463 g/mol. The van der Waals surface area contributed by atoms with Crippen LogP contribution in [-0.2, 0) is 15.9 Å². The molecule has 1 unspecified atom stereocenters. The molecule has 1 amide bonds. The van der Waals surface area contributed by atoms with Crippen LogP contribution < -0.4 is 10.1 Å². The molecule has 2 N–H and O–H groups in total. The van der Waals surface area contributed by atoms with E-state index in [0.29, 0.717) is 18.4 Å². The lowest BCUT2D eigenvalue weighted by molar-refractivity contribution is -0.153. The number of hydrogen-bond acceptors (Lipinski definition) is 3. The fourth-order valence-corrected chi connectivity index (χ4v) is 3.65. The second kappa shape index (κ2) is 8.27. The van der Waals surface area contributed by atoms with E-state index in [0.717, 1.165) is 25.1 Å². The van der Waals surface area contributed by atoms with Gasteiger partial charge >= 0.3 is 6.18 Å². The molecule has 1 atom stereocenters. The Morgan fingerprint density at radius 2 is 1.81 bits per heavy atom. The van der Waals surface area contributed by atoms with Gasteiger partial charge in [0.1, 0.15) is 23.0 Å². The lowest BCUT2D eigenvalue weighted by atomic mass is 9.90. The first kappa shape index (κ1) is 23.3. The molecule has 1 saturated carbocycles. The maximum atomic E-state index is 14.0. The van der Waals surface area contributed by atoms with Crippen molar-refractivity contribution in [1.29, 1.82) is 0 Å². The summed E-state index contributed by atoms with van der Waals surface area (Å²) in [5, 5.41) is 13.4. The van der Waals surface area contributed by atoms with E-state index in [1.54, 1.807) is 0 Å². The lowest BCUT2D eigenvalue weighted by Crippen LogP contribution is -2.39. The van der Waals surface area contributed by atoms with Crippen LogP contribution in [-0.4, -0.2) is 23.8 Å². The third kappa shape index (κ3) is 5.65. The zero-order chi connectivity index (χ0) is 23.0. The van der Waals surface area contributed by atoms with Gasteiger partial charge in [0.25, 0.3) is 0 Å². The van der Waals surface area contributed by atoms with Gasteiger partial charge in [-0.05, 0) is 55.7 Å². The summed E-state index contributed by atoms with van der Waals surface area (Å²) in [7, 11) is 0. The van der Waals surface area contributed by atoms with Crippen molar-refractivity contribution in [3.05, 3.63) is 64.2 Å². The van der Waals surface area contributed by atoms with Crippen LogP contribution in [0.15, 0.2) is 36.4 Å². The lowest BCUT2D eigenvalue weighted by Gasteiger charge is -2.26. The third-order valence-corrected chi connectivity index (χ3v) is 5.18. The molecule has 0 aliphatic heterocycles. The van der Waals surface area contributed by atoms with Gasteiger partial charge < -0.3 is 15.2 Å². The zero-order valence-electron chi connectivity index (χ0n) is 16.3. The van der Waals surface area contributed by atoms with Gasteiger partial charge in [-0.2, -0.15) is 13.2 Å². The molecule has 10 heteroatoms. The van der Waals surface area contributed by atoms with E-state index in [2.05, 4.69) is 5.32 Å². The first-order chi connectivity index (χ1) is 14.3. The average molecular weight is 464 g/mol. The number of ether oxygens (including phenoxy) is 1. The normalized spacial score (nSPS) is 17.0. The van der Waals surface area contributed by atoms with Crippen molar-refractivity contribution in [2.75, 3.05) is 6.61 Å². The van der Waals surface area contributed by atoms with Crippen molar-refractivity contribution in [1.82, 2.24) is 5.32 Å². The van der Waals surface area contributed by atoms with Crippen LogP contribution in [0, 0.1) is 11.6 Å². The summed E-state index contributed by atoms with van der Waals surface area (Å²) < 4.78 is 70.0. The number of amides is 1. The third-order valence-electron chi connectivity index (χ3n) is 4.96. The minimum Gasteiger partial charge on any atom is -0.484 e. The van der Waals surface area contributed by atoms with Crippen LogP contribution in [0.5, 0.6) is 5.75 Å². The topological polar surface area (TPSA) is 58.6 Å². The van der Waals surface area contributed by atoms with Gasteiger partial charge in [0.05, 0.1) is 17.5 Å². The van der Waals surface area contributed by atoms with Crippen LogP contribution in [0.3, 0.4) is 0 Å². The predicted molar refractivity (Wildman–Crippen MR) is 103 cm³/mol. The molecule has 0 aromatic heterocycles. The van der Waals surface area contributed by atoms with E-state index in [1.165, 1.54) is 18.2 Å². The Morgan fingerprint density at radius 1 is 1.19 bits per heavy atom. The molecule has 4 nitrogen and oxygen atoms in total. The molecule has 0 heterocycles. The quantitative estimate of drug-likeness (QED) is 0.570. The van der Waals surface area contributed by atoms with Gasteiger partial charge in [-0.1, -0.05) is 17.7 Å². The molecular formula is C21H19ClF5NO3. The first-order valence-corrected chi connectivity index (χ1v) is 9.68. The zero-order valence-corrected chi connectivity index (χ0v) is 17.1. The van der Waals surface area contributed by atoms with E-state index in [-0.39, 0.29) is 10.8 Å². The Bertz CT molecular complexity index is 969.